The molecule has 6 heterocycles. The van der Waals surface area contributed by atoms with Gasteiger partial charge in [0.1, 0.15) is 17.3 Å². The Bertz CT molecular complexity index is 1210. The maximum atomic E-state index is 11.1. The Morgan fingerprint density at radius 1 is 1.32 bits per heavy atom. The minimum atomic E-state index is -1.02. The maximum Gasteiger partial charge on any atom is 0.404 e. The summed E-state index contributed by atoms with van der Waals surface area (Å²) in [6, 6.07) is 1.82. The highest BCUT2D eigenvalue weighted by atomic mass is 32.2. The fourth-order valence-corrected chi connectivity index (χ4v) is 7.06. The zero-order chi connectivity index (χ0) is 26.4. The highest BCUT2D eigenvalue weighted by Gasteiger charge is 2.48. The zero-order valence-electron chi connectivity index (χ0n) is 21.2. The number of anilines is 2. The second kappa shape index (κ2) is 10.0. The molecule has 6 rings (SSSR count). The number of aliphatic hydroxyl groups excluding tert-OH is 1. The zero-order valence-corrected chi connectivity index (χ0v) is 22.1. The van der Waals surface area contributed by atoms with Crippen LogP contribution in [-0.2, 0) is 11.3 Å². The van der Waals surface area contributed by atoms with Crippen LogP contribution in [0.2, 0.25) is 0 Å². The number of carboxylic acid groups (broad SMARTS) is 1. The van der Waals surface area contributed by atoms with E-state index in [1.54, 1.807) is 12.4 Å². The number of rotatable bonds is 5. The molecule has 13 heteroatoms. The SMILES string of the molecule is C[C@@H]1OCC2(CCN(c3ncc(Sc4ccnc5c4OC[C@@H]4C[C@H](NC(=O)O)CN54)nc3CO)CC2)[C@@H]1N. The summed E-state index contributed by atoms with van der Waals surface area (Å²) in [6.07, 6.45) is 5.02. The highest BCUT2D eigenvalue weighted by molar-refractivity contribution is 7.99. The Morgan fingerprint density at radius 2 is 2.13 bits per heavy atom. The molecule has 0 bridgehead atoms. The van der Waals surface area contributed by atoms with Gasteiger partial charge >= 0.3 is 6.09 Å². The van der Waals surface area contributed by atoms with Crippen molar-refractivity contribution in [2.24, 2.45) is 11.1 Å². The molecule has 0 saturated carbocycles. The number of nitrogens with one attached hydrogen (secondary N) is 1. The number of nitrogens with two attached hydrogens (primary N) is 1. The maximum absolute atomic E-state index is 11.1. The number of hydrogen-bond donors (Lipinski definition) is 4. The summed E-state index contributed by atoms with van der Waals surface area (Å²) >= 11 is 1.41. The van der Waals surface area contributed by atoms with Crippen molar-refractivity contribution in [2.75, 3.05) is 42.6 Å². The Kier molecular flexibility index (Phi) is 6.70. The third kappa shape index (κ3) is 4.51. The van der Waals surface area contributed by atoms with Crippen LogP contribution in [0.1, 0.15) is 31.9 Å². The normalized spacial score (nSPS) is 27.7. The number of carbonyl (C=O) groups is 1. The molecule has 3 saturated heterocycles. The van der Waals surface area contributed by atoms with Crippen molar-refractivity contribution in [1.29, 1.82) is 0 Å². The molecule has 3 fully saturated rings. The van der Waals surface area contributed by atoms with E-state index in [1.807, 2.05) is 13.0 Å². The number of aromatic nitrogens is 3. The number of hydrogen-bond acceptors (Lipinski definition) is 11. The van der Waals surface area contributed by atoms with Crippen LogP contribution in [0.15, 0.2) is 28.4 Å². The minimum absolute atomic E-state index is 0.0109. The summed E-state index contributed by atoms with van der Waals surface area (Å²) in [7, 11) is 0. The van der Waals surface area contributed by atoms with Crippen LogP contribution >= 0.6 is 11.8 Å². The summed E-state index contributed by atoms with van der Waals surface area (Å²) in [5.74, 6) is 2.07. The van der Waals surface area contributed by atoms with Crippen molar-refractivity contribution in [1.82, 2.24) is 20.3 Å². The molecule has 0 aliphatic carbocycles. The molecular weight excluding hydrogens is 510 g/mol. The Labute approximate surface area is 224 Å². The Balaban J connectivity index is 1.17. The van der Waals surface area contributed by atoms with Crippen molar-refractivity contribution in [3.05, 3.63) is 24.2 Å². The van der Waals surface area contributed by atoms with Crippen molar-refractivity contribution in [2.45, 2.75) is 66.9 Å². The van der Waals surface area contributed by atoms with Gasteiger partial charge in [0, 0.05) is 37.3 Å². The molecule has 1 amide bonds. The molecule has 4 aliphatic heterocycles. The van der Waals surface area contributed by atoms with Gasteiger partial charge in [0.2, 0.25) is 0 Å². The first kappa shape index (κ1) is 25.4. The van der Waals surface area contributed by atoms with Crippen LogP contribution in [-0.4, -0.2) is 88.3 Å². The molecule has 0 radical (unpaired) electrons. The predicted molar refractivity (Wildman–Crippen MR) is 140 cm³/mol. The third-order valence-corrected chi connectivity index (χ3v) is 9.30. The summed E-state index contributed by atoms with van der Waals surface area (Å²) in [5, 5.41) is 22.5. The molecule has 4 atom stereocenters. The van der Waals surface area contributed by atoms with Gasteiger partial charge in [-0.15, -0.1) is 0 Å². The molecule has 1 spiro atoms. The molecule has 2 aromatic rings. The van der Waals surface area contributed by atoms with Crippen molar-refractivity contribution < 1.29 is 24.5 Å². The number of pyridine rings is 1. The smallest absolute Gasteiger partial charge is 0.404 e. The second-order valence-electron chi connectivity index (χ2n) is 10.6. The Morgan fingerprint density at radius 3 is 2.84 bits per heavy atom. The third-order valence-electron chi connectivity index (χ3n) is 8.35. The van der Waals surface area contributed by atoms with Crippen LogP contribution in [0.25, 0.3) is 0 Å². The molecule has 12 nitrogen and oxygen atoms in total. The predicted octanol–water partition coefficient (Wildman–Crippen LogP) is 1.46. The van der Waals surface area contributed by atoms with Gasteiger partial charge in [-0.2, -0.15) is 0 Å². The van der Waals surface area contributed by atoms with E-state index in [2.05, 4.69) is 20.1 Å². The van der Waals surface area contributed by atoms with E-state index in [0.717, 1.165) is 30.8 Å². The number of nitrogens with zero attached hydrogens (tertiary/aromatic N) is 5. The van der Waals surface area contributed by atoms with Gasteiger partial charge in [-0.3, -0.25) is 0 Å². The number of piperidine rings is 1. The van der Waals surface area contributed by atoms with Crippen LogP contribution < -0.4 is 25.6 Å². The summed E-state index contributed by atoms with van der Waals surface area (Å²) in [5.41, 5.74) is 7.02. The Hall–Kier alpha value is -2.87. The lowest BCUT2D eigenvalue weighted by atomic mass is 9.73. The molecule has 204 valence electrons. The summed E-state index contributed by atoms with van der Waals surface area (Å²) in [6.45, 7) is 5.11. The second-order valence-corrected chi connectivity index (χ2v) is 11.7. The van der Waals surface area contributed by atoms with Crippen LogP contribution in [0.4, 0.5) is 16.4 Å². The number of ether oxygens (including phenoxy) is 2. The molecule has 4 aliphatic rings. The first-order valence-electron chi connectivity index (χ1n) is 13.0. The van der Waals surface area contributed by atoms with Crippen molar-refractivity contribution in [3.63, 3.8) is 0 Å². The van der Waals surface area contributed by atoms with Crippen LogP contribution in [0, 0.1) is 5.41 Å². The number of amides is 1. The lowest BCUT2D eigenvalue weighted by Gasteiger charge is -2.41. The van der Waals surface area contributed by atoms with E-state index in [-0.39, 0.29) is 36.3 Å². The van der Waals surface area contributed by atoms with E-state index in [0.29, 0.717) is 54.3 Å². The molecular formula is C25H33N7O5S. The standard InChI is InChI=1S/C25H33N7O5S/c1-14-21(26)25(13-37-14)3-6-31(7-4-25)22-17(11-33)30-19(9-28-22)38-18-2-5-27-23-20(18)36-12-16-8-15(10-32(16)23)29-24(34)35/h2,5,9,14-16,21,29,33H,3-4,6-8,10-13,26H2,1H3,(H,34,35)/t14-,15-,16-,21+/m0/s1. The summed E-state index contributed by atoms with van der Waals surface area (Å²) in [4.78, 5) is 30.2. The van der Waals surface area contributed by atoms with E-state index < -0.39 is 6.09 Å². The largest absolute Gasteiger partial charge is 0.486 e. The quantitative estimate of drug-likeness (QED) is 0.431. The summed E-state index contributed by atoms with van der Waals surface area (Å²) < 4.78 is 11.9. The van der Waals surface area contributed by atoms with E-state index in [4.69, 9.17) is 30.3 Å². The lowest BCUT2D eigenvalue weighted by Crippen LogP contribution is -2.51. The highest BCUT2D eigenvalue weighted by Crippen LogP contribution is 2.45. The average molecular weight is 544 g/mol. The van der Waals surface area contributed by atoms with Crippen LogP contribution in [0.5, 0.6) is 5.75 Å². The van der Waals surface area contributed by atoms with Gasteiger partial charge in [0.05, 0.1) is 42.5 Å². The molecule has 38 heavy (non-hydrogen) atoms. The van der Waals surface area contributed by atoms with E-state index >= 15 is 0 Å². The van der Waals surface area contributed by atoms with Crippen molar-refractivity contribution in [3.8, 4) is 5.75 Å². The fourth-order valence-electron chi connectivity index (χ4n) is 6.21. The van der Waals surface area contributed by atoms with Gasteiger partial charge in [-0.25, -0.2) is 19.7 Å². The first-order valence-corrected chi connectivity index (χ1v) is 13.8. The van der Waals surface area contributed by atoms with Crippen LogP contribution in [0.3, 0.4) is 0 Å². The molecule has 0 aromatic carbocycles. The minimum Gasteiger partial charge on any atom is -0.486 e. The molecule has 0 unspecified atom stereocenters. The monoisotopic (exact) mass is 543 g/mol. The molecule has 2 aromatic heterocycles. The van der Waals surface area contributed by atoms with Gasteiger partial charge < -0.3 is 40.5 Å². The average Bonchev–Trinajstić information content (AvgIpc) is 3.45. The fraction of sp³-hybridized carbons (Fsp3) is 0.600. The number of aliphatic hydroxyl groups is 1. The van der Waals surface area contributed by atoms with Gasteiger partial charge in [0.25, 0.3) is 0 Å². The van der Waals surface area contributed by atoms with E-state index in [1.165, 1.54) is 11.8 Å². The number of fused-ring (bicyclic) bond motifs is 3. The van der Waals surface area contributed by atoms with Gasteiger partial charge in [-0.1, -0.05) is 11.8 Å². The van der Waals surface area contributed by atoms with Gasteiger partial charge in [-0.05, 0) is 32.3 Å². The van der Waals surface area contributed by atoms with Crippen molar-refractivity contribution >= 4 is 29.5 Å². The first-order chi connectivity index (χ1) is 18.4. The molecule has 5 N–H and O–H groups in total. The topological polar surface area (TPSA) is 159 Å². The van der Waals surface area contributed by atoms with Gasteiger partial charge in [0.15, 0.2) is 17.4 Å². The lowest BCUT2D eigenvalue weighted by molar-refractivity contribution is 0.0973. The van der Waals surface area contributed by atoms with E-state index in [9.17, 15) is 9.90 Å².